The Balaban J connectivity index is 1.88. The van der Waals surface area contributed by atoms with Crippen molar-refractivity contribution >= 4 is 5.95 Å². The summed E-state index contributed by atoms with van der Waals surface area (Å²) in [4.78, 5) is 11.3. The van der Waals surface area contributed by atoms with Crippen molar-refractivity contribution in [2.24, 2.45) is 12.8 Å². The Morgan fingerprint density at radius 1 is 1.30 bits per heavy atom. The lowest BCUT2D eigenvalue weighted by molar-refractivity contribution is 0.495. The number of hydrogen-bond donors (Lipinski definition) is 1. The van der Waals surface area contributed by atoms with Gasteiger partial charge in [0.2, 0.25) is 5.95 Å². The quantitative estimate of drug-likeness (QED) is 0.886. The van der Waals surface area contributed by atoms with Gasteiger partial charge in [-0.25, -0.2) is 9.97 Å². The Morgan fingerprint density at radius 3 is 2.70 bits per heavy atom. The van der Waals surface area contributed by atoms with Gasteiger partial charge in [-0.3, -0.25) is 4.68 Å². The van der Waals surface area contributed by atoms with Gasteiger partial charge in [0, 0.05) is 44.1 Å². The summed E-state index contributed by atoms with van der Waals surface area (Å²) in [6.07, 6.45) is 5.81. The zero-order valence-corrected chi connectivity index (χ0v) is 12.0. The number of aromatic nitrogens is 4. The van der Waals surface area contributed by atoms with Gasteiger partial charge in [0.15, 0.2) is 0 Å². The van der Waals surface area contributed by atoms with Gasteiger partial charge in [-0.15, -0.1) is 0 Å². The lowest BCUT2D eigenvalue weighted by atomic mass is 10.1. The summed E-state index contributed by atoms with van der Waals surface area (Å²) in [5, 5.41) is 4.37. The fourth-order valence-electron chi connectivity index (χ4n) is 2.60. The minimum absolute atomic E-state index is 0.315. The number of nitrogens with two attached hydrogens (primary N) is 1. The van der Waals surface area contributed by atoms with E-state index < -0.39 is 0 Å². The van der Waals surface area contributed by atoms with Gasteiger partial charge in [-0.2, -0.15) is 5.10 Å². The summed E-state index contributed by atoms with van der Waals surface area (Å²) >= 11 is 0. The molecule has 1 aliphatic heterocycles. The Bertz CT molecular complexity index is 597. The number of nitrogens with zero attached hydrogens (tertiary/aromatic N) is 5. The van der Waals surface area contributed by atoms with E-state index in [1.807, 2.05) is 37.1 Å². The van der Waals surface area contributed by atoms with Crippen molar-refractivity contribution in [2.75, 3.05) is 18.0 Å². The molecule has 0 bridgehead atoms. The third kappa shape index (κ3) is 2.51. The van der Waals surface area contributed by atoms with Crippen LogP contribution in [0, 0.1) is 6.92 Å². The molecule has 0 spiro atoms. The van der Waals surface area contributed by atoms with Crippen molar-refractivity contribution in [3.05, 3.63) is 24.2 Å². The third-order valence-corrected chi connectivity index (χ3v) is 3.75. The molecule has 2 aromatic heterocycles. The molecular formula is C14H20N6. The van der Waals surface area contributed by atoms with Crippen molar-refractivity contribution in [3.8, 4) is 11.3 Å². The second-order valence-electron chi connectivity index (χ2n) is 5.37. The average molecular weight is 272 g/mol. The van der Waals surface area contributed by atoms with E-state index in [2.05, 4.69) is 20.0 Å². The molecule has 6 nitrogen and oxygen atoms in total. The largest absolute Gasteiger partial charge is 0.341 e. The molecule has 0 saturated carbocycles. The average Bonchev–Trinajstić information content (AvgIpc) is 2.79. The SMILES string of the molecule is Cc1nn(C)cc1-c1ccnc(N2CCC(N)CC2)n1. The first-order valence-corrected chi connectivity index (χ1v) is 6.97. The standard InChI is InChI=1S/C14H20N6/c1-10-12(9-19(2)18-10)13-3-6-16-14(17-13)20-7-4-11(15)5-8-20/h3,6,9,11H,4-5,7-8,15H2,1-2H3. The van der Waals surface area contributed by atoms with E-state index in [4.69, 9.17) is 5.73 Å². The van der Waals surface area contributed by atoms with Gasteiger partial charge in [-0.05, 0) is 25.8 Å². The number of aryl methyl sites for hydroxylation is 2. The molecule has 1 saturated heterocycles. The Kier molecular flexibility index (Phi) is 3.40. The first kappa shape index (κ1) is 13.1. The highest BCUT2D eigenvalue weighted by atomic mass is 15.3. The van der Waals surface area contributed by atoms with E-state index in [9.17, 15) is 0 Å². The fourth-order valence-corrected chi connectivity index (χ4v) is 2.60. The van der Waals surface area contributed by atoms with Crippen LogP contribution in [0.25, 0.3) is 11.3 Å². The van der Waals surface area contributed by atoms with Crippen LogP contribution in [0.3, 0.4) is 0 Å². The molecule has 6 heteroatoms. The first-order valence-electron chi connectivity index (χ1n) is 6.97. The maximum atomic E-state index is 5.94. The van der Waals surface area contributed by atoms with Crippen molar-refractivity contribution in [1.82, 2.24) is 19.7 Å². The van der Waals surface area contributed by atoms with Gasteiger partial charge in [-0.1, -0.05) is 0 Å². The molecule has 0 amide bonds. The van der Waals surface area contributed by atoms with Crippen LogP contribution < -0.4 is 10.6 Å². The van der Waals surface area contributed by atoms with Gasteiger partial charge < -0.3 is 10.6 Å². The highest BCUT2D eigenvalue weighted by Gasteiger charge is 2.19. The second kappa shape index (κ2) is 5.20. The zero-order valence-electron chi connectivity index (χ0n) is 12.0. The van der Waals surface area contributed by atoms with E-state index >= 15 is 0 Å². The highest BCUT2D eigenvalue weighted by molar-refractivity contribution is 5.61. The molecule has 3 heterocycles. The summed E-state index contributed by atoms with van der Waals surface area (Å²) in [5.41, 5.74) is 8.91. The first-order chi connectivity index (χ1) is 9.63. The second-order valence-corrected chi connectivity index (χ2v) is 5.37. The maximum Gasteiger partial charge on any atom is 0.225 e. The van der Waals surface area contributed by atoms with Crippen LogP contribution >= 0.6 is 0 Å². The lowest BCUT2D eigenvalue weighted by Crippen LogP contribution is -2.40. The van der Waals surface area contributed by atoms with Crippen molar-refractivity contribution in [2.45, 2.75) is 25.8 Å². The normalized spacial score (nSPS) is 16.6. The van der Waals surface area contributed by atoms with Crippen molar-refractivity contribution in [1.29, 1.82) is 0 Å². The molecule has 0 radical (unpaired) electrons. The molecule has 0 unspecified atom stereocenters. The summed E-state index contributed by atoms with van der Waals surface area (Å²) in [7, 11) is 1.92. The van der Waals surface area contributed by atoms with Crippen LogP contribution in [-0.4, -0.2) is 38.9 Å². The lowest BCUT2D eigenvalue weighted by Gasteiger charge is -2.30. The summed E-state index contributed by atoms with van der Waals surface area (Å²) in [5.74, 6) is 0.789. The van der Waals surface area contributed by atoms with Crippen molar-refractivity contribution in [3.63, 3.8) is 0 Å². The van der Waals surface area contributed by atoms with E-state index in [-0.39, 0.29) is 0 Å². The van der Waals surface area contributed by atoms with Crippen LogP contribution in [0.2, 0.25) is 0 Å². The van der Waals surface area contributed by atoms with Gasteiger partial charge in [0.05, 0.1) is 11.4 Å². The predicted molar refractivity (Wildman–Crippen MR) is 78.4 cm³/mol. The van der Waals surface area contributed by atoms with Gasteiger partial charge in [0.1, 0.15) is 0 Å². The summed E-state index contributed by atoms with van der Waals surface area (Å²) in [6, 6.07) is 2.25. The molecule has 0 aromatic carbocycles. The number of piperidine rings is 1. The minimum atomic E-state index is 0.315. The maximum absolute atomic E-state index is 5.94. The monoisotopic (exact) mass is 272 g/mol. The number of rotatable bonds is 2. The molecule has 2 N–H and O–H groups in total. The third-order valence-electron chi connectivity index (χ3n) is 3.75. The molecule has 1 aliphatic rings. The Labute approximate surface area is 118 Å². The molecular weight excluding hydrogens is 252 g/mol. The molecule has 106 valence electrons. The van der Waals surface area contributed by atoms with E-state index in [1.165, 1.54) is 0 Å². The van der Waals surface area contributed by atoms with Crippen LogP contribution in [0.4, 0.5) is 5.95 Å². The number of anilines is 1. The molecule has 0 aliphatic carbocycles. The van der Waals surface area contributed by atoms with Crippen molar-refractivity contribution < 1.29 is 0 Å². The zero-order chi connectivity index (χ0) is 14.1. The van der Waals surface area contributed by atoms with Crippen LogP contribution in [0.15, 0.2) is 18.5 Å². The number of hydrogen-bond acceptors (Lipinski definition) is 5. The molecule has 3 rings (SSSR count). The molecule has 0 atom stereocenters. The highest BCUT2D eigenvalue weighted by Crippen LogP contribution is 2.22. The van der Waals surface area contributed by atoms with E-state index in [1.54, 1.807) is 0 Å². The van der Waals surface area contributed by atoms with Crippen LogP contribution in [0.5, 0.6) is 0 Å². The minimum Gasteiger partial charge on any atom is -0.341 e. The topological polar surface area (TPSA) is 72.9 Å². The van der Waals surface area contributed by atoms with Gasteiger partial charge in [0.25, 0.3) is 0 Å². The van der Waals surface area contributed by atoms with Gasteiger partial charge >= 0.3 is 0 Å². The fraction of sp³-hybridized carbons (Fsp3) is 0.500. The Hall–Kier alpha value is -1.95. The van der Waals surface area contributed by atoms with E-state index in [0.29, 0.717) is 6.04 Å². The van der Waals surface area contributed by atoms with E-state index in [0.717, 1.165) is 48.8 Å². The smallest absolute Gasteiger partial charge is 0.225 e. The van der Waals surface area contributed by atoms with Crippen LogP contribution in [0.1, 0.15) is 18.5 Å². The van der Waals surface area contributed by atoms with Crippen LogP contribution in [-0.2, 0) is 7.05 Å². The molecule has 1 fully saturated rings. The summed E-state index contributed by atoms with van der Waals surface area (Å²) in [6.45, 7) is 3.85. The summed E-state index contributed by atoms with van der Waals surface area (Å²) < 4.78 is 1.81. The molecule has 20 heavy (non-hydrogen) atoms. The Morgan fingerprint density at radius 2 is 2.05 bits per heavy atom. The molecule has 2 aromatic rings. The predicted octanol–water partition coefficient (Wildman–Crippen LogP) is 1.11.